The normalized spacial score (nSPS) is 10.2. The molecular formula is C21H23NO6S. The van der Waals surface area contributed by atoms with Crippen LogP contribution in [-0.2, 0) is 14.3 Å². The summed E-state index contributed by atoms with van der Waals surface area (Å²) < 4.78 is 15.7. The van der Waals surface area contributed by atoms with Gasteiger partial charge in [0.15, 0.2) is 23.9 Å². The first-order valence-corrected chi connectivity index (χ1v) is 10.1. The van der Waals surface area contributed by atoms with Gasteiger partial charge in [-0.15, -0.1) is 11.8 Å². The first-order valence-electron chi connectivity index (χ1n) is 8.85. The van der Waals surface area contributed by atoms with Gasteiger partial charge in [0.25, 0.3) is 0 Å². The van der Waals surface area contributed by atoms with E-state index in [1.807, 2.05) is 12.3 Å². The summed E-state index contributed by atoms with van der Waals surface area (Å²) in [4.78, 5) is 36.4. The van der Waals surface area contributed by atoms with E-state index in [2.05, 4.69) is 5.32 Å². The van der Waals surface area contributed by atoms with Crippen LogP contribution in [0.1, 0.15) is 23.7 Å². The van der Waals surface area contributed by atoms with Gasteiger partial charge in [0.1, 0.15) is 0 Å². The summed E-state index contributed by atoms with van der Waals surface area (Å²) in [7, 11) is 1.53. The zero-order valence-corrected chi connectivity index (χ0v) is 17.3. The van der Waals surface area contributed by atoms with Crippen molar-refractivity contribution in [2.45, 2.75) is 18.2 Å². The van der Waals surface area contributed by atoms with Crippen molar-refractivity contribution in [3.63, 3.8) is 0 Å². The highest BCUT2D eigenvalue weighted by molar-refractivity contribution is 7.98. The number of para-hydroxylation sites is 2. The highest BCUT2D eigenvalue weighted by atomic mass is 32.2. The fourth-order valence-electron chi connectivity index (χ4n) is 2.45. The maximum Gasteiger partial charge on any atom is 0.309 e. The Morgan fingerprint density at radius 3 is 2.45 bits per heavy atom. The zero-order valence-electron chi connectivity index (χ0n) is 16.5. The topological polar surface area (TPSA) is 90.9 Å². The monoisotopic (exact) mass is 417 g/mol. The lowest BCUT2D eigenvalue weighted by Crippen LogP contribution is -2.16. The van der Waals surface area contributed by atoms with Gasteiger partial charge in [-0.25, -0.2) is 0 Å². The SMILES string of the molecule is COc1ccccc1OCCC(=O)OCC(=O)c1ccc(SC)c(NC(C)=O)c1. The molecule has 0 aliphatic heterocycles. The van der Waals surface area contributed by atoms with Crippen LogP contribution < -0.4 is 14.8 Å². The van der Waals surface area contributed by atoms with Crippen molar-refractivity contribution >= 4 is 35.1 Å². The molecule has 0 bridgehead atoms. The van der Waals surface area contributed by atoms with Gasteiger partial charge >= 0.3 is 5.97 Å². The number of carbonyl (C=O) groups excluding carboxylic acids is 3. The molecule has 0 aliphatic carbocycles. The second-order valence-corrected chi connectivity index (χ2v) is 6.78. The molecule has 0 saturated carbocycles. The Labute approximate surface area is 173 Å². The van der Waals surface area contributed by atoms with Crippen LogP contribution in [0, 0.1) is 0 Å². The van der Waals surface area contributed by atoms with Gasteiger partial charge in [-0.2, -0.15) is 0 Å². The van der Waals surface area contributed by atoms with E-state index in [-0.39, 0.29) is 31.3 Å². The van der Waals surface area contributed by atoms with E-state index in [9.17, 15) is 14.4 Å². The maximum absolute atomic E-state index is 12.3. The van der Waals surface area contributed by atoms with Crippen molar-refractivity contribution < 1.29 is 28.6 Å². The Balaban J connectivity index is 1.85. The summed E-state index contributed by atoms with van der Waals surface area (Å²) in [5, 5.41) is 2.69. The van der Waals surface area contributed by atoms with Crippen molar-refractivity contribution in [3.8, 4) is 11.5 Å². The average molecular weight is 417 g/mol. The molecule has 0 unspecified atom stereocenters. The van der Waals surface area contributed by atoms with Crippen LogP contribution in [0.15, 0.2) is 47.4 Å². The number of Topliss-reactive ketones (excluding diaryl/α,β-unsaturated/α-hetero) is 1. The standard InChI is InChI=1S/C21H23NO6S/c1-14(23)22-16-12-15(8-9-20(16)29-3)17(24)13-28-21(25)10-11-27-19-7-5-4-6-18(19)26-2/h4-9,12H,10-11,13H2,1-3H3,(H,22,23). The number of anilines is 1. The minimum Gasteiger partial charge on any atom is -0.493 e. The smallest absolute Gasteiger partial charge is 0.309 e. The molecule has 1 amide bonds. The number of thioether (sulfide) groups is 1. The molecule has 0 radical (unpaired) electrons. The lowest BCUT2D eigenvalue weighted by atomic mass is 10.1. The van der Waals surface area contributed by atoms with Crippen molar-refractivity contribution in [2.75, 3.05) is 31.9 Å². The van der Waals surface area contributed by atoms with Crippen LogP contribution in [0.3, 0.4) is 0 Å². The molecule has 0 atom stereocenters. The van der Waals surface area contributed by atoms with Crippen LogP contribution in [0.25, 0.3) is 0 Å². The molecule has 2 rings (SSSR count). The molecule has 0 aliphatic rings. The number of nitrogens with one attached hydrogen (secondary N) is 1. The molecule has 8 heteroatoms. The lowest BCUT2D eigenvalue weighted by Gasteiger charge is -2.11. The van der Waals surface area contributed by atoms with Gasteiger partial charge in [-0.1, -0.05) is 18.2 Å². The van der Waals surface area contributed by atoms with Gasteiger partial charge < -0.3 is 19.5 Å². The molecule has 1 N–H and O–H groups in total. The Bertz CT molecular complexity index is 883. The highest BCUT2D eigenvalue weighted by Gasteiger charge is 2.13. The second-order valence-electron chi connectivity index (χ2n) is 5.93. The number of carbonyl (C=O) groups is 3. The van der Waals surface area contributed by atoms with Crippen molar-refractivity contribution in [1.82, 2.24) is 0 Å². The van der Waals surface area contributed by atoms with E-state index in [0.29, 0.717) is 22.7 Å². The number of hydrogen-bond acceptors (Lipinski definition) is 7. The van der Waals surface area contributed by atoms with Gasteiger partial charge in [0.05, 0.1) is 25.8 Å². The Morgan fingerprint density at radius 1 is 1.07 bits per heavy atom. The number of methoxy groups -OCH3 is 1. The first-order chi connectivity index (χ1) is 13.9. The maximum atomic E-state index is 12.3. The van der Waals surface area contributed by atoms with Crippen LogP contribution >= 0.6 is 11.8 Å². The molecule has 0 saturated heterocycles. The summed E-state index contributed by atoms with van der Waals surface area (Å²) in [5.41, 5.74) is 0.900. The third-order valence-corrected chi connectivity index (χ3v) is 4.63. The number of hydrogen-bond donors (Lipinski definition) is 1. The highest BCUT2D eigenvalue weighted by Crippen LogP contribution is 2.27. The molecule has 29 heavy (non-hydrogen) atoms. The third kappa shape index (κ3) is 6.83. The third-order valence-electron chi connectivity index (χ3n) is 3.83. The van der Waals surface area contributed by atoms with Crippen molar-refractivity contribution in [3.05, 3.63) is 48.0 Å². The summed E-state index contributed by atoms with van der Waals surface area (Å²) in [5.74, 6) is -0.0383. The largest absolute Gasteiger partial charge is 0.493 e. The van der Waals surface area contributed by atoms with Gasteiger partial charge in [-0.3, -0.25) is 14.4 Å². The average Bonchev–Trinajstić information content (AvgIpc) is 2.71. The fraction of sp³-hybridized carbons (Fsp3) is 0.286. The van der Waals surface area contributed by atoms with E-state index in [4.69, 9.17) is 14.2 Å². The fourth-order valence-corrected chi connectivity index (χ4v) is 2.99. The Morgan fingerprint density at radius 2 is 1.79 bits per heavy atom. The van der Waals surface area contributed by atoms with Crippen LogP contribution in [0.4, 0.5) is 5.69 Å². The molecular weight excluding hydrogens is 394 g/mol. The Kier molecular flexibility index (Phi) is 8.54. The van der Waals surface area contributed by atoms with Gasteiger partial charge in [-0.05, 0) is 30.5 Å². The molecule has 2 aromatic rings. The van der Waals surface area contributed by atoms with E-state index in [1.165, 1.54) is 25.8 Å². The van der Waals surface area contributed by atoms with Crippen molar-refractivity contribution in [1.29, 1.82) is 0 Å². The molecule has 0 aromatic heterocycles. The van der Waals surface area contributed by atoms with Crippen LogP contribution in [0.5, 0.6) is 11.5 Å². The molecule has 0 heterocycles. The van der Waals surface area contributed by atoms with E-state index in [1.54, 1.807) is 36.4 Å². The Hall–Kier alpha value is -3.00. The van der Waals surface area contributed by atoms with Gasteiger partial charge in [0.2, 0.25) is 5.91 Å². The lowest BCUT2D eigenvalue weighted by molar-refractivity contribution is -0.143. The van der Waals surface area contributed by atoms with E-state index < -0.39 is 5.97 Å². The van der Waals surface area contributed by atoms with Crippen molar-refractivity contribution in [2.24, 2.45) is 0 Å². The summed E-state index contributed by atoms with van der Waals surface area (Å²) in [6.07, 6.45) is 1.87. The molecule has 2 aromatic carbocycles. The number of benzene rings is 2. The molecule has 154 valence electrons. The predicted octanol–water partition coefficient (Wildman–Crippen LogP) is 3.57. The number of esters is 1. The minimum absolute atomic E-state index is 0.00607. The van der Waals surface area contributed by atoms with E-state index in [0.717, 1.165) is 4.90 Å². The predicted molar refractivity (Wildman–Crippen MR) is 111 cm³/mol. The summed E-state index contributed by atoms with van der Waals surface area (Å²) >= 11 is 1.45. The van der Waals surface area contributed by atoms with Crippen LogP contribution in [0.2, 0.25) is 0 Å². The van der Waals surface area contributed by atoms with E-state index >= 15 is 0 Å². The molecule has 0 spiro atoms. The summed E-state index contributed by atoms with van der Waals surface area (Å²) in [6, 6.07) is 12.1. The van der Waals surface area contributed by atoms with Crippen LogP contribution in [-0.4, -0.2) is 44.2 Å². The first kappa shape index (κ1) is 22.3. The summed E-state index contributed by atoms with van der Waals surface area (Å²) in [6.45, 7) is 1.11. The minimum atomic E-state index is -0.545. The number of ketones is 1. The number of amides is 1. The zero-order chi connectivity index (χ0) is 21.2. The molecule has 7 nitrogen and oxygen atoms in total. The quantitative estimate of drug-likeness (QED) is 0.359. The number of ether oxygens (including phenoxy) is 3. The molecule has 0 fully saturated rings. The van der Waals surface area contributed by atoms with Gasteiger partial charge in [0, 0.05) is 17.4 Å². The second kappa shape index (κ2) is 11.1. The number of rotatable bonds is 10.